The van der Waals surface area contributed by atoms with Crippen molar-refractivity contribution in [3.05, 3.63) is 24.0 Å². The zero-order valence-corrected chi connectivity index (χ0v) is 10.4. The van der Waals surface area contributed by atoms with E-state index >= 15 is 0 Å². The van der Waals surface area contributed by atoms with Crippen molar-refractivity contribution in [3.63, 3.8) is 0 Å². The molecule has 1 unspecified atom stereocenters. The molecule has 0 bridgehead atoms. The number of hydrogen-bond donors (Lipinski definition) is 2. The molecule has 0 aliphatic rings. The summed E-state index contributed by atoms with van der Waals surface area (Å²) in [4.78, 5) is 4.15. The van der Waals surface area contributed by atoms with Crippen molar-refractivity contribution in [1.82, 2.24) is 10.3 Å². The molecule has 0 aliphatic carbocycles. The first kappa shape index (κ1) is 13.0. The maximum absolute atomic E-state index is 9.12. The van der Waals surface area contributed by atoms with Gasteiger partial charge < -0.3 is 10.4 Å². The lowest BCUT2D eigenvalue weighted by molar-refractivity contribution is 0.351. The predicted octanol–water partition coefficient (Wildman–Crippen LogP) is 2.70. The van der Waals surface area contributed by atoms with Crippen LogP contribution in [0.3, 0.4) is 0 Å². The van der Waals surface area contributed by atoms with Gasteiger partial charge in [0.2, 0.25) is 0 Å². The van der Waals surface area contributed by atoms with Crippen LogP contribution < -0.4 is 5.32 Å². The van der Waals surface area contributed by atoms with Crippen LogP contribution in [0.15, 0.2) is 18.3 Å². The van der Waals surface area contributed by atoms with Gasteiger partial charge in [0.25, 0.3) is 0 Å². The standard InChI is InChI=1S/C13H22N2O/c1-4-11(5-2)10(3)14-8-12-6-7-13(16)9-15-12/h6-7,9-11,14,16H,4-5,8H2,1-3H3. The van der Waals surface area contributed by atoms with E-state index in [1.807, 2.05) is 6.07 Å². The van der Waals surface area contributed by atoms with Crippen molar-refractivity contribution in [3.8, 4) is 5.75 Å². The fraction of sp³-hybridized carbons (Fsp3) is 0.615. The van der Waals surface area contributed by atoms with Gasteiger partial charge >= 0.3 is 0 Å². The third-order valence-corrected chi connectivity index (χ3v) is 3.17. The summed E-state index contributed by atoms with van der Waals surface area (Å²) in [5.41, 5.74) is 0.968. The van der Waals surface area contributed by atoms with Gasteiger partial charge in [-0.15, -0.1) is 0 Å². The Morgan fingerprint density at radius 2 is 2.00 bits per heavy atom. The van der Waals surface area contributed by atoms with Gasteiger partial charge in [0, 0.05) is 12.6 Å². The second kappa shape index (κ2) is 6.48. The quantitative estimate of drug-likeness (QED) is 0.778. The van der Waals surface area contributed by atoms with E-state index in [0.717, 1.165) is 18.2 Å². The summed E-state index contributed by atoms with van der Waals surface area (Å²) in [7, 11) is 0. The molecule has 0 aliphatic heterocycles. The molecule has 1 heterocycles. The smallest absolute Gasteiger partial charge is 0.133 e. The lowest BCUT2D eigenvalue weighted by Gasteiger charge is -2.22. The first-order chi connectivity index (χ1) is 7.67. The molecule has 0 saturated carbocycles. The molecule has 1 aromatic heterocycles. The maximum atomic E-state index is 9.12. The molecule has 1 atom stereocenters. The molecule has 1 rings (SSSR count). The Labute approximate surface area is 97.9 Å². The molecule has 2 N–H and O–H groups in total. The average Bonchev–Trinajstić information content (AvgIpc) is 2.30. The zero-order valence-electron chi connectivity index (χ0n) is 10.4. The van der Waals surface area contributed by atoms with Crippen molar-refractivity contribution in [1.29, 1.82) is 0 Å². The Bertz CT molecular complexity index is 293. The second-order valence-electron chi connectivity index (χ2n) is 4.25. The minimum Gasteiger partial charge on any atom is -0.506 e. The highest BCUT2D eigenvalue weighted by atomic mass is 16.3. The van der Waals surface area contributed by atoms with Crippen LogP contribution in [0.25, 0.3) is 0 Å². The van der Waals surface area contributed by atoms with Gasteiger partial charge in [-0.1, -0.05) is 26.7 Å². The van der Waals surface area contributed by atoms with Gasteiger partial charge in [-0.25, -0.2) is 0 Å². The summed E-state index contributed by atoms with van der Waals surface area (Å²) in [5, 5.41) is 12.6. The largest absolute Gasteiger partial charge is 0.506 e. The predicted molar refractivity (Wildman–Crippen MR) is 66.3 cm³/mol. The molecule has 0 aromatic carbocycles. The Hall–Kier alpha value is -1.09. The Morgan fingerprint density at radius 1 is 1.31 bits per heavy atom. The van der Waals surface area contributed by atoms with E-state index in [-0.39, 0.29) is 5.75 Å². The van der Waals surface area contributed by atoms with Gasteiger partial charge in [-0.2, -0.15) is 0 Å². The number of nitrogens with one attached hydrogen (secondary N) is 1. The van der Waals surface area contributed by atoms with E-state index in [1.54, 1.807) is 6.07 Å². The topological polar surface area (TPSA) is 45.1 Å². The first-order valence-corrected chi connectivity index (χ1v) is 6.04. The summed E-state index contributed by atoms with van der Waals surface area (Å²) in [6.45, 7) is 7.44. The van der Waals surface area contributed by atoms with E-state index in [0.29, 0.717) is 6.04 Å². The number of aromatic hydroxyl groups is 1. The Kier molecular flexibility index (Phi) is 5.26. The fourth-order valence-corrected chi connectivity index (χ4v) is 1.95. The van der Waals surface area contributed by atoms with Crippen LogP contribution in [0.4, 0.5) is 0 Å². The van der Waals surface area contributed by atoms with Gasteiger partial charge in [0.05, 0.1) is 11.9 Å². The van der Waals surface area contributed by atoms with Gasteiger partial charge in [-0.3, -0.25) is 4.98 Å². The minimum absolute atomic E-state index is 0.219. The van der Waals surface area contributed by atoms with Crippen molar-refractivity contribution < 1.29 is 5.11 Å². The van der Waals surface area contributed by atoms with Crippen LogP contribution in [0.2, 0.25) is 0 Å². The summed E-state index contributed by atoms with van der Waals surface area (Å²) in [6, 6.07) is 4.03. The number of hydrogen-bond acceptors (Lipinski definition) is 3. The molecule has 90 valence electrons. The Morgan fingerprint density at radius 3 is 2.50 bits per heavy atom. The van der Waals surface area contributed by atoms with E-state index in [1.165, 1.54) is 19.0 Å². The monoisotopic (exact) mass is 222 g/mol. The summed E-state index contributed by atoms with van der Waals surface area (Å²) in [6.07, 6.45) is 3.89. The number of rotatable bonds is 6. The molecule has 0 saturated heterocycles. The van der Waals surface area contributed by atoms with Crippen LogP contribution in [-0.4, -0.2) is 16.1 Å². The van der Waals surface area contributed by atoms with Crippen LogP contribution in [0.1, 0.15) is 39.3 Å². The first-order valence-electron chi connectivity index (χ1n) is 6.04. The molecule has 1 aromatic rings. The average molecular weight is 222 g/mol. The Balaban J connectivity index is 2.42. The van der Waals surface area contributed by atoms with E-state index < -0.39 is 0 Å². The zero-order chi connectivity index (χ0) is 12.0. The summed E-state index contributed by atoms with van der Waals surface area (Å²) < 4.78 is 0. The number of pyridine rings is 1. The van der Waals surface area contributed by atoms with Gasteiger partial charge in [0.15, 0.2) is 0 Å². The maximum Gasteiger partial charge on any atom is 0.133 e. The highest BCUT2D eigenvalue weighted by Gasteiger charge is 2.12. The van der Waals surface area contributed by atoms with Crippen LogP contribution in [0, 0.1) is 5.92 Å². The highest BCUT2D eigenvalue weighted by molar-refractivity contribution is 5.17. The van der Waals surface area contributed by atoms with E-state index in [9.17, 15) is 0 Å². The number of nitrogens with zero attached hydrogens (tertiary/aromatic N) is 1. The third-order valence-electron chi connectivity index (χ3n) is 3.17. The van der Waals surface area contributed by atoms with Crippen LogP contribution in [0.5, 0.6) is 5.75 Å². The van der Waals surface area contributed by atoms with Crippen LogP contribution >= 0.6 is 0 Å². The van der Waals surface area contributed by atoms with Crippen molar-refractivity contribution >= 4 is 0 Å². The number of aromatic nitrogens is 1. The van der Waals surface area contributed by atoms with E-state index in [2.05, 4.69) is 31.1 Å². The molecule has 0 spiro atoms. The third kappa shape index (κ3) is 3.81. The molecule has 3 nitrogen and oxygen atoms in total. The lowest BCUT2D eigenvalue weighted by atomic mass is 9.95. The molecule has 3 heteroatoms. The SMILES string of the molecule is CCC(CC)C(C)NCc1ccc(O)cn1. The molecule has 0 fully saturated rings. The molecular weight excluding hydrogens is 200 g/mol. The summed E-state index contributed by atoms with van der Waals surface area (Å²) in [5.74, 6) is 0.939. The van der Waals surface area contributed by atoms with Gasteiger partial charge in [0.1, 0.15) is 5.75 Å². The molecular formula is C13H22N2O. The molecule has 0 radical (unpaired) electrons. The second-order valence-corrected chi connectivity index (χ2v) is 4.25. The van der Waals surface area contributed by atoms with Crippen molar-refractivity contribution in [2.24, 2.45) is 5.92 Å². The van der Waals surface area contributed by atoms with Gasteiger partial charge in [-0.05, 0) is 25.0 Å². The van der Waals surface area contributed by atoms with Crippen molar-refractivity contribution in [2.45, 2.75) is 46.2 Å². The fourth-order valence-electron chi connectivity index (χ4n) is 1.95. The molecule has 16 heavy (non-hydrogen) atoms. The van der Waals surface area contributed by atoms with Crippen molar-refractivity contribution in [2.75, 3.05) is 0 Å². The molecule has 0 amide bonds. The normalized spacial score (nSPS) is 13.0. The van der Waals surface area contributed by atoms with Crippen LogP contribution in [-0.2, 0) is 6.54 Å². The van der Waals surface area contributed by atoms with E-state index in [4.69, 9.17) is 5.11 Å². The highest BCUT2D eigenvalue weighted by Crippen LogP contribution is 2.13. The lowest BCUT2D eigenvalue weighted by Crippen LogP contribution is -2.32. The minimum atomic E-state index is 0.219. The summed E-state index contributed by atoms with van der Waals surface area (Å²) >= 11 is 0.